The monoisotopic (exact) mass is 318 g/mol. The van der Waals surface area contributed by atoms with Gasteiger partial charge in [0.1, 0.15) is 0 Å². The second-order valence-corrected chi connectivity index (χ2v) is 8.95. The zero-order chi connectivity index (χ0) is 15.5. The van der Waals surface area contributed by atoms with Crippen LogP contribution in [0.3, 0.4) is 0 Å². The van der Waals surface area contributed by atoms with Crippen molar-refractivity contribution >= 4 is 18.4 Å². The molecule has 6 atom stereocenters. The van der Waals surface area contributed by atoms with Crippen molar-refractivity contribution in [2.75, 3.05) is 13.2 Å². The van der Waals surface area contributed by atoms with Crippen LogP contribution in [0.5, 0.6) is 0 Å². The molecule has 3 fully saturated rings. The zero-order valence-corrected chi connectivity index (χ0v) is 14.4. The number of rotatable bonds is 0. The number of carbonyl (C=O) groups is 1. The van der Waals surface area contributed by atoms with E-state index in [0.29, 0.717) is 28.4 Å². The molecule has 0 aromatic heterocycles. The summed E-state index contributed by atoms with van der Waals surface area (Å²) in [6.45, 7) is 6.58. The van der Waals surface area contributed by atoms with E-state index in [1.54, 1.807) is 6.08 Å². The number of ether oxygens (including phenoxy) is 1. The molecule has 120 valence electrons. The van der Waals surface area contributed by atoms with Crippen LogP contribution in [-0.2, 0) is 9.53 Å². The number of fused-ring (bicyclic) bond motifs is 5. The van der Waals surface area contributed by atoms with Crippen LogP contribution in [0.15, 0.2) is 23.8 Å². The van der Waals surface area contributed by atoms with Gasteiger partial charge in [0.05, 0.1) is 6.61 Å². The minimum atomic E-state index is 0.0669. The quantitative estimate of drug-likeness (QED) is 0.687. The summed E-state index contributed by atoms with van der Waals surface area (Å²) < 4.78 is 5.81. The van der Waals surface area contributed by atoms with Gasteiger partial charge < -0.3 is 4.74 Å². The van der Waals surface area contributed by atoms with Crippen molar-refractivity contribution in [2.24, 2.45) is 28.6 Å². The third kappa shape index (κ3) is 2.01. The van der Waals surface area contributed by atoms with E-state index < -0.39 is 0 Å². The fourth-order valence-electron chi connectivity index (χ4n) is 5.82. The Morgan fingerprint density at radius 2 is 2.09 bits per heavy atom. The number of ketones is 1. The molecule has 0 aromatic rings. The molecule has 0 unspecified atom stereocenters. The van der Waals surface area contributed by atoms with Gasteiger partial charge in [-0.25, -0.2) is 0 Å². The molecule has 0 aromatic carbocycles. The fourth-order valence-corrected chi connectivity index (χ4v) is 6.43. The number of allylic oxidation sites excluding steroid dienone is 4. The van der Waals surface area contributed by atoms with Gasteiger partial charge in [-0.3, -0.25) is 4.79 Å². The first-order valence-electron chi connectivity index (χ1n) is 8.64. The lowest BCUT2D eigenvalue weighted by Gasteiger charge is -2.60. The molecule has 0 amide bonds. The van der Waals surface area contributed by atoms with Crippen molar-refractivity contribution in [3.63, 3.8) is 0 Å². The normalized spacial score (nSPS) is 50.7. The largest absolute Gasteiger partial charge is 0.381 e. The molecule has 0 N–H and O–H groups in total. The van der Waals surface area contributed by atoms with E-state index >= 15 is 0 Å². The van der Waals surface area contributed by atoms with E-state index in [1.807, 2.05) is 6.08 Å². The second-order valence-electron chi connectivity index (χ2n) is 8.28. The van der Waals surface area contributed by atoms with Gasteiger partial charge in [-0.1, -0.05) is 25.5 Å². The van der Waals surface area contributed by atoms with Crippen LogP contribution < -0.4 is 0 Å². The fraction of sp³-hybridized carbons (Fsp3) is 0.737. The van der Waals surface area contributed by atoms with Crippen molar-refractivity contribution in [1.82, 2.24) is 0 Å². The molecule has 0 radical (unpaired) electrons. The maximum atomic E-state index is 11.8. The van der Waals surface area contributed by atoms with E-state index in [0.717, 1.165) is 19.6 Å². The van der Waals surface area contributed by atoms with Gasteiger partial charge >= 0.3 is 0 Å². The highest BCUT2D eigenvalue weighted by Gasteiger charge is 2.57. The van der Waals surface area contributed by atoms with Crippen LogP contribution >= 0.6 is 12.6 Å². The SMILES string of the molecule is C[C@]12CC[C@H]3[C@@H]([C@H](S)CC4=CC(=O)C=C[C@@]43C)[C@@H]1CCOC2. The highest BCUT2D eigenvalue weighted by atomic mass is 32.1. The van der Waals surface area contributed by atoms with Gasteiger partial charge in [-0.2, -0.15) is 12.6 Å². The van der Waals surface area contributed by atoms with E-state index in [1.165, 1.54) is 24.8 Å². The standard InChI is InChI=1S/C19H26O2S/c1-18-6-4-15-17(14(18)5-8-21-11-18)16(22)10-12-9-13(20)3-7-19(12,15)2/h3,7,9,14-17,22H,4-6,8,10-11H2,1-2H3/t14-,15-,16+,17-,18+,19-/m0/s1. The van der Waals surface area contributed by atoms with Gasteiger partial charge in [-0.15, -0.1) is 0 Å². The van der Waals surface area contributed by atoms with E-state index in [4.69, 9.17) is 17.4 Å². The summed E-state index contributed by atoms with van der Waals surface area (Å²) in [6, 6.07) is 0. The number of carbonyl (C=O) groups excluding carboxylic acids is 1. The minimum absolute atomic E-state index is 0.0669. The molecule has 1 saturated heterocycles. The first-order chi connectivity index (χ1) is 10.4. The summed E-state index contributed by atoms with van der Waals surface area (Å²) in [5.41, 5.74) is 1.71. The highest BCUT2D eigenvalue weighted by Crippen LogP contribution is 2.62. The van der Waals surface area contributed by atoms with Crippen molar-refractivity contribution in [3.8, 4) is 0 Å². The van der Waals surface area contributed by atoms with Gasteiger partial charge in [-0.05, 0) is 61.0 Å². The van der Waals surface area contributed by atoms with Crippen LogP contribution in [-0.4, -0.2) is 24.2 Å². The van der Waals surface area contributed by atoms with Crippen molar-refractivity contribution in [2.45, 2.75) is 44.8 Å². The van der Waals surface area contributed by atoms with Crippen LogP contribution in [0.2, 0.25) is 0 Å². The van der Waals surface area contributed by atoms with Crippen molar-refractivity contribution < 1.29 is 9.53 Å². The van der Waals surface area contributed by atoms with Crippen LogP contribution in [0.1, 0.15) is 39.5 Å². The zero-order valence-electron chi connectivity index (χ0n) is 13.5. The third-order valence-electron chi connectivity index (χ3n) is 7.10. The van der Waals surface area contributed by atoms with E-state index in [2.05, 4.69) is 19.9 Å². The van der Waals surface area contributed by atoms with E-state index in [-0.39, 0.29) is 11.2 Å². The Labute approximate surface area is 138 Å². The van der Waals surface area contributed by atoms with Crippen LogP contribution in [0.25, 0.3) is 0 Å². The second kappa shape index (κ2) is 4.98. The Morgan fingerprint density at radius 1 is 1.27 bits per heavy atom. The molecule has 1 aliphatic heterocycles. The third-order valence-corrected chi connectivity index (χ3v) is 7.63. The number of hydrogen-bond acceptors (Lipinski definition) is 3. The van der Waals surface area contributed by atoms with Gasteiger partial charge in [0.25, 0.3) is 0 Å². The Kier molecular flexibility index (Phi) is 3.40. The average molecular weight is 318 g/mol. The lowest BCUT2D eigenvalue weighted by Crippen LogP contribution is -2.56. The summed E-state index contributed by atoms with van der Waals surface area (Å²) in [5, 5.41) is 0.381. The Morgan fingerprint density at radius 3 is 2.91 bits per heavy atom. The average Bonchev–Trinajstić information content (AvgIpc) is 2.48. The predicted molar refractivity (Wildman–Crippen MR) is 91.0 cm³/mol. The summed E-state index contributed by atoms with van der Waals surface area (Å²) in [5.74, 6) is 2.13. The van der Waals surface area contributed by atoms with E-state index in [9.17, 15) is 4.79 Å². The molecule has 4 aliphatic rings. The summed E-state index contributed by atoms with van der Waals surface area (Å²) in [7, 11) is 0. The molecule has 3 heteroatoms. The van der Waals surface area contributed by atoms with Crippen LogP contribution in [0, 0.1) is 28.6 Å². The smallest absolute Gasteiger partial charge is 0.178 e. The van der Waals surface area contributed by atoms with Gasteiger partial charge in [0.15, 0.2) is 5.78 Å². The van der Waals surface area contributed by atoms with Crippen molar-refractivity contribution in [3.05, 3.63) is 23.8 Å². The summed E-state index contributed by atoms with van der Waals surface area (Å²) in [6.07, 6.45) is 10.5. The molecule has 0 bridgehead atoms. The first-order valence-corrected chi connectivity index (χ1v) is 9.16. The molecule has 2 saturated carbocycles. The summed E-state index contributed by atoms with van der Waals surface area (Å²) >= 11 is 5.00. The van der Waals surface area contributed by atoms with Gasteiger partial charge in [0, 0.05) is 17.3 Å². The maximum Gasteiger partial charge on any atom is 0.178 e. The predicted octanol–water partition coefficient (Wildman–Crippen LogP) is 3.83. The first kappa shape index (κ1) is 15.0. The lowest BCUT2D eigenvalue weighted by atomic mass is 9.47. The summed E-state index contributed by atoms with van der Waals surface area (Å²) in [4.78, 5) is 11.8. The molecule has 2 nitrogen and oxygen atoms in total. The topological polar surface area (TPSA) is 26.3 Å². The maximum absolute atomic E-state index is 11.8. The minimum Gasteiger partial charge on any atom is -0.381 e. The molecule has 4 rings (SSSR count). The molecule has 22 heavy (non-hydrogen) atoms. The number of thiol groups is 1. The molecular weight excluding hydrogens is 292 g/mol. The molecule has 1 heterocycles. The Hall–Kier alpha value is -0.540. The molecule has 0 spiro atoms. The Balaban J connectivity index is 1.74. The molecule has 3 aliphatic carbocycles. The van der Waals surface area contributed by atoms with Gasteiger partial charge in [0.2, 0.25) is 0 Å². The molecular formula is C19H26O2S. The highest BCUT2D eigenvalue weighted by molar-refractivity contribution is 7.81. The lowest BCUT2D eigenvalue weighted by molar-refractivity contribution is -0.120. The van der Waals surface area contributed by atoms with Crippen LogP contribution in [0.4, 0.5) is 0 Å². The van der Waals surface area contributed by atoms with Crippen molar-refractivity contribution in [1.29, 1.82) is 0 Å². The Bertz CT molecular complexity index is 566. The number of hydrogen-bond donors (Lipinski definition) is 1.